The topological polar surface area (TPSA) is 67.4 Å². The van der Waals surface area contributed by atoms with Crippen molar-refractivity contribution in [2.45, 2.75) is 71.1 Å². The van der Waals surface area contributed by atoms with Gasteiger partial charge in [0.25, 0.3) is 0 Å². The molecule has 1 aromatic carbocycles. The third-order valence-electron chi connectivity index (χ3n) is 4.72. The van der Waals surface area contributed by atoms with Gasteiger partial charge in [-0.05, 0) is 45.1 Å². The molecule has 0 radical (unpaired) electrons. The Kier molecular flexibility index (Phi) is 6.09. The van der Waals surface area contributed by atoms with Gasteiger partial charge in [-0.2, -0.15) is 0 Å². The Hall–Kier alpha value is -2.04. The van der Waals surface area contributed by atoms with Crippen molar-refractivity contribution in [3.05, 3.63) is 35.9 Å². The lowest BCUT2D eigenvalue weighted by Crippen LogP contribution is -2.63. The molecule has 1 aliphatic rings. The van der Waals surface area contributed by atoms with Gasteiger partial charge in [-0.3, -0.25) is 4.79 Å². The van der Waals surface area contributed by atoms with Crippen LogP contribution in [0, 0.1) is 5.92 Å². The lowest BCUT2D eigenvalue weighted by molar-refractivity contribution is -0.131. The SMILES string of the molecule is C[C@@H]1CCCC[C@]1(NC(=O)OC(C)(C)C)C(=O)NCc1ccccc1. The van der Waals surface area contributed by atoms with Crippen molar-refractivity contribution in [1.82, 2.24) is 10.6 Å². The van der Waals surface area contributed by atoms with Crippen LogP contribution in [-0.4, -0.2) is 23.1 Å². The minimum absolute atomic E-state index is 0.0598. The summed E-state index contributed by atoms with van der Waals surface area (Å²) in [6, 6.07) is 9.77. The summed E-state index contributed by atoms with van der Waals surface area (Å²) in [5, 5.41) is 5.90. The number of hydrogen-bond donors (Lipinski definition) is 2. The number of carbonyl (C=O) groups excluding carboxylic acids is 2. The predicted molar refractivity (Wildman–Crippen MR) is 98.0 cm³/mol. The molecule has 0 aliphatic heterocycles. The highest BCUT2D eigenvalue weighted by Crippen LogP contribution is 2.34. The van der Waals surface area contributed by atoms with Crippen molar-refractivity contribution in [2.24, 2.45) is 5.92 Å². The largest absolute Gasteiger partial charge is 0.444 e. The minimum atomic E-state index is -0.907. The summed E-state index contributed by atoms with van der Waals surface area (Å²) < 4.78 is 5.40. The summed E-state index contributed by atoms with van der Waals surface area (Å²) in [4.78, 5) is 25.4. The number of alkyl carbamates (subject to hydrolysis) is 1. The van der Waals surface area contributed by atoms with Gasteiger partial charge in [0, 0.05) is 6.54 Å². The zero-order valence-electron chi connectivity index (χ0n) is 15.7. The quantitative estimate of drug-likeness (QED) is 0.872. The van der Waals surface area contributed by atoms with E-state index in [1.54, 1.807) is 0 Å². The lowest BCUT2D eigenvalue weighted by Gasteiger charge is -2.41. The molecule has 2 amide bonds. The number of ether oxygens (including phenoxy) is 1. The van der Waals surface area contributed by atoms with Gasteiger partial charge in [-0.1, -0.05) is 50.1 Å². The van der Waals surface area contributed by atoms with Crippen molar-refractivity contribution in [3.8, 4) is 0 Å². The van der Waals surface area contributed by atoms with Crippen molar-refractivity contribution >= 4 is 12.0 Å². The van der Waals surface area contributed by atoms with Crippen molar-refractivity contribution in [1.29, 1.82) is 0 Å². The Morgan fingerprint density at radius 2 is 1.88 bits per heavy atom. The van der Waals surface area contributed by atoms with E-state index in [9.17, 15) is 9.59 Å². The van der Waals surface area contributed by atoms with E-state index in [4.69, 9.17) is 4.74 Å². The Labute approximate surface area is 150 Å². The molecule has 0 heterocycles. The van der Waals surface area contributed by atoms with E-state index >= 15 is 0 Å². The number of hydrogen-bond acceptors (Lipinski definition) is 3. The van der Waals surface area contributed by atoms with Crippen molar-refractivity contribution < 1.29 is 14.3 Å². The second-order valence-electron chi connectivity index (χ2n) is 7.91. The monoisotopic (exact) mass is 346 g/mol. The third-order valence-corrected chi connectivity index (χ3v) is 4.72. The standard InChI is InChI=1S/C20H30N2O3/c1-15-10-8-9-13-20(15,22-18(24)25-19(2,3)4)17(23)21-14-16-11-6-5-7-12-16/h5-7,11-12,15H,8-10,13-14H2,1-4H3,(H,21,23)(H,22,24)/t15-,20-/m1/s1. The van der Waals surface area contributed by atoms with Crippen LogP contribution in [0.25, 0.3) is 0 Å². The van der Waals surface area contributed by atoms with Gasteiger partial charge in [-0.15, -0.1) is 0 Å². The lowest BCUT2D eigenvalue weighted by atomic mass is 9.73. The maximum absolute atomic E-state index is 13.0. The van der Waals surface area contributed by atoms with Crippen LogP contribution in [0.5, 0.6) is 0 Å². The molecule has 0 bridgehead atoms. The van der Waals surface area contributed by atoms with Crippen LogP contribution >= 0.6 is 0 Å². The van der Waals surface area contributed by atoms with E-state index < -0.39 is 17.2 Å². The van der Waals surface area contributed by atoms with Gasteiger partial charge in [-0.25, -0.2) is 4.79 Å². The highest BCUT2D eigenvalue weighted by Gasteiger charge is 2.46. The molecule has 0 unspecified atom stereocenters. The first-order chi connectivity index (χ1) is 11.7. The van der Waals surface area contributed by atoms with E-state index in [1.807, 2.05) is 58.0 Å². The Morgan fingerprint density at radius 3 is 2.48 bits per heavy atom. The van der Waals surface area contributed by atoms with E-state index in [0.29, 0.717) is 13.0 Å². The second-order valence-corrected chi connectivity index (χ2v) is 7.91. The van der Waals surface area contributed by atoms with Crippen LogP contribution in [0.2, 0.25) is 0 Å². The fourth-order valence-corrected chi connectivity index (χ4v) is 3.35. The van der Waals surface area contributed by atoms with Gasteiger partial charge in [0.05, 0.1) is 0 Å². The highest BCUT2D eigenvalue weighted by molar-refractivity contribution is 5.90. The van der Waals surface area contributed by atoms with E-state index in [0.717, 1.165) is 24.8 Å². The highest BCUT2D eigenvalue weighted by atomic mass is 16.6. The van der Waals surface area contributed by atoms with Crippen LogP contribution in [0.4, 0.5) is 4.79 Å². The van der Waals surface area contributed by atoms with Gasteiger partial charge in [0.15, 0.2) is 0 Å². The average molecular weight is 346 g/mol. The molecule has 2 rings (SSSR count). The van der Waals surface area contributed by atoms with E-state index in [1.165, 1.54) is 0 Å². The van der Waals surface area contributed by atoms with Gasteiger partial charge in [0.2, 0.25) is 5.91 Å². The summed E-state index contributed by atoms with van der Waals surface area (Å²) in [6.07, 6.45) is 3.00. The molecule has 0 spiro atoms. The molecule has 0 saturated heterocycles. The molecule has 138 valence electrons. The Bertz CT molecular complexity index is 595. The summed E-state index contributed by atoms with van der Waals surface area (Å²) in [5.41, 5.74) is -0.467. The first-order valence-electron chi connectivity index (χ1n) is 9.06. The second kappa shape index (κ2) is 7.89. The smallest absolute Gasteiger partial charge is 0.408 e. The number of amides is 2. The van der Waals surface area contributed by atoms with Crippen LogP contribution in [0.15, 0.2) is 30.3 Å². The molecule has 1 aromatic rings. The minimum Gasteiger partial charge on any atom is -0.444 e. The number of nitrogens with one attached hydrogen (secondary N) is 2. The number of benzene rings is 1. The normalized spacial score (nSPS) is 23.6. The summed E-state index contributed by atoms with van der Waals surface area (Å²) in [6.45, 7) is 7.93. The molecule has 5 nitrogen and oxygen atoms in total. The predicted octanol–water partition coefficient (Wildman–Crippen LogP) is 3.78. The van der Waals surface area contributed by atoms with Gasteiger partial charge >= 0.3 is 6.09 Å². The fourth-order valence-electron chi connectivity index (χ4n) is 3.35. The number of rotatable bonds is 4. The summed E-state index contributed by atoms with van der Waals surface area (Å²) in [5.74, 6) is -0.0704. The Morgan fingerprint density at radius 1 is 1.20 bits per heavy atom. The molecule has 1 saturated carbocycles. The zero-order chi connectivity index (χ0) is 18.5. The molecular weight excluding hydrogens is 316 g/mol. The average Bonchev–Trinajstić information content (AvgIpc) is 2.54. The van der Waals surface area contributed by atoms with Gasteiger partial charge < -0.3 is 15.4 Å². The van der Waals surface area contributed by atoms with E-state index in [2.05, 4.69) is 10.6 Å². The molecule has 25 heavy (non-hydrogen) atoms. The number of carbonyl (C=O) groups is 2. The van der Waals surface area contributed by atoms with Crippen LogP contribution < -0.4 is 10.6 Å². The molecule has 2 atom stereocenters. The molecule has 5 heteroatoms. The molecule has 1 aliphatic carbocycles. The molecule has 0 aromatic heterocycles. The van der Waals surface area contributed by atoms with Crippen LogP contribution in [-0.2, 0) is 16.1 Å². The van der Waals surface area contributed by atoms with Crippen molar-refractivity contribution in [2.75, 3.05) is 0 Å². The molecule has 2 N–H and O–H groups in total. The first-order valence-corrected chi connectivity index (χ1v) is 9.06. The third kappa shape index (κ3) is 5.21. The van der Waals surface area contributed by atoms with E-state index in [-0.39, 0.29) is 11.8 Å². The maximum atomic E-state index is 13.0. The summed E-state index contributed by atoms with van der Waals surface area (Å²) in [7, 11) is 0. The maximum Gasteiger partial charge on any atom is 0.408 e. The Balaban J connectivity index is 2.11. The first kappa shape index (κ1) is 19.3. The van der Waals surface area contributed by atoms with Crippen LogP contribution in [0.3, 0.4) is 0 Å². The molecular formula is C20H30N2O3. The summed E-state index contributed by atoms with van der Waals surface area (Å²) >= 11 is 0. The van der Waals surface area contributed by atoms with Crippen LogP contribution in [0.1, 0.15) is 58.9 Å². The molecule has 1 fully saturated rings. The van der Waals surface area contributed by atoms with Crippen molar-refractivity contribution in [3.63, 3.8) is 0 Å². The fraction of sp³-hybridized carbons (Fsp3) is 0.600. The zero-order valence-corrected chi connectivity index (χ0v) is 15.7. The van der Waals surface area contributed by atoms with Gasteiger partial charge in [0.1, 0.15) is 11.1 Å².